The maximum absolute atomic E-state index is 5.16. The normalized spacial score (nSPS) is 21.8. The van der Waals surface area contributed by atoms with Gasteiger partial charge in [-0.2, -0.15) is 0 Å². The Kier molecular flexibility index (Phi) is 3.36. The average Bonchev–Trinajstić information content (AvgIpc) is 2.09. The van der Waals surface area contributed by atoms with Crippen LogP contribution in [0.2, 0.25) is 0 Å². The molecule has 1 heterocycles. The number of piperidine rings is 1. The highest BCUT2D eigenvalue weighted by Crippen LogP contribution is 2.13. The molecule has 1 saturated heterocycles. The molecule has 1 aliphatic rings. The van der Waals surface area contributed by atoms with Crippen molar-refractivity contribution in [2.45, 2.75) is 12.8 Å². The largest absolute Gasteiger partial charge is 0.484 e. The summed E-state index contributed by atoms with van der Waals surface area (Å²) in [5.41, 5.74) is 0. The van der Waals surface area contributed by atoms with Gasteiger partial charge in [-0.3, -0.25) is 4.99 Å². The molecule has 1 fully saturated rings. The first-order valence-electron chi connectivity index (χ1n) is 4.10. The minimum Gasteiger partial charge on any atom is -0.484 e. The Balaban J connectivity index is 2.43. The number of hydrogen-bond acceptors (Lipinski definition) is 3. The summed E-state index contributed by atoms with van der Waals surface area (Å²) in [5.74, 6) is 1.46. The van der Waals surface area contributed by atoms with Crippen molar-refractivity contribution in [2.24, 2.45) is 10.9 Å². The van der Waals surface area contributed by atoms with Crippen LogP contribution < -0.4 is 5.32 Å². The Morgan fingerprint density at radius 1 is 1.45 bits per heavy atom. The number of nitrogens with zero attached hydrogens (tertiary/aromatic N) is 1. The Morgan fingerprint density at radius 2 is 2.09 bits per heavy atom. The predicted octanol–water partition coefficient (Wildman–Crippen LogP) is 0.661. The standard InChI is InChI=1S/C8H16N2O/c1-9-8(11-2)7-3-5-10-6-4-7/h7,10H,3-6H2,1-2H3. The lowest BCUT2D eigenvalue weighted by atomic mass is 9.98. The van der Waals surface area contributed by atoms with Gasteiger partial charge in [-0.15, -0.1) is 0 Å². The smallest absolute Gasteiger partial charge is 0.185 e. The monoisotopic (exact) mass is 156 g/mol. The highest BCUT2D eigenvalue weighted by atomic mass is 16.5. The fourth-order valence-electron chi connectivity index (χ4n) is 1.51. The molecule has 0 amide bonds. The van der Waals surface area contributed by atoms with E-state index in [2.05, 4.69) is 10.3 Å². The third-order valence-corrected chi connectivity index (χ3v) is 2.12. The van der Waals surface area contributed by atoms with E-state index in [0.717, 1.165) is 31.8 Å². The highest BCUT2D eigenvalue weighted by molar-refractivity contribution is 5.78. The zero-order chi connectivity index (χ0) is 8.10. The minimum absolute atomic E-state index is 0.547. The van der Waals surface area contributed by atoms with Crippen molar-refractivity contribution in [3.63, 3.8) is 0 Å². The Bertz CT molecular complexity index is 139. The second-order valence-corrected chi connectivity index (χ2v) is 2.79. The quantitative estimate of drug-likeness (QED) is 0.447. The molecule has 1 N–H and O–H groups in total. The fourth-order valence-corrected chi connectivity index (χ4v) is 1.51. The van der Waals surface area contributed by atoms with Crippen molar-refractivity contribution < 1.29 is 4.74 Å². The minimum atomic E-state index is 0.547. The SMILES string of the molecule is CN=C(OC)C1CCNCC1. The number of ether oxygens (including phenoxy) is 1. The van der Waals surface area contributed by atoms with E-state index < -0.39 is 0 Å². The van der Waals surface area contributed by atoms with Crippen LogP contribution in [-0.4, -0.2) is 33.1 Å². The molecule has 0 aromatic rings. The summed E-state index contributed by atoms with van der Waals surface area (Å²) in [7, 11) is 3.49. The third kappa shape index (κ3) is 2.19. The molecular weight excluding hydrogens is 140 g/mol. The van der Waals surface area contributed by atoms with Gasteiger partial charge in [0.25, 0.3) is 0 Å². The van der Waals surface area contributed by atoms with E-state index >= 15 is 0 Å². The molecular formula is C8H16N2O. The Hall–Kier alpha value is -0.570. The maximum Gasteiger partial charge on any atom is 0.185 e. The van der Waals surface area contributed by atoms with E-state index in [9.17, 15) is 0 Å². The number of aliphatic imine (C=N–C) groups is 1. The lowest BCUT2D eigenvalue weighted by molar-refractivity contribution is 0.332. The number of methoxy groups -OCH3 is 1. The first-order chi connectivity index (χ1) is 5.38. The van der Waals surface area contributed by atoms with Crippen LogP contribution >= 0.6 is 0 Å². The van der Waals surface area contributed by atoms with Gasteiger partial charge in [-0.25, -0.2) is 0 Å². The summed E-state index contributed by atoms with van der Waals surface area (Å²) in [4.78, 5) is 4.10. The molecule has 0 radical (unpaired) electrons. The summed E-state index contributed by atoms with van der Waals surface area (Å²) >= 11 is 0. The maximum atomic E-state index is 5.16. The number of rotatable bonds is 1. The number of nitrogens with one attached hydrogen (secondary N) is 1. The van der Waals surface area contributed by atoms with Gasteiger partial charge in [0.05, 0.1) is 7.11 Å². The summed E-state index contributed by atoms with van der Waals surface area (Å²) in [6, 6.07) is 0. The molecule has 3 nitrogen and oxygen atoms in total. The van der Waals surface area contributed by atoms with Crippen molar-refractivity contribution >= 4 is 5.90 Å². The first-order valence-corrected chi connectivity index (χ1v) is 4.10. The topological polar surface area (TPSA) is 33.6 Å². The predicted molar refractivity (Wildman–Crippen MR) is 46.0 cm³/mol. The van der Waals surface area contributed by atoms with Crippen LogP contribution in [0, 0.1) is 5.92 Å². The van der Waals surface area contributed by atoms with Gasteiger partial charge >= 0.3 is 0 Å². The van der Waals surface area contributed by atoms with Crippen LogP contribution in [-0.2, 0) is 4.74 Å². The average molecular weight is 156 g/mol. The summed E-state index contributed by atoms with van der Waals surface area (Å²) < 4.78 is 5.16. The van der Waals surface area contributed by atoms with Gasteiger partial charge in [-0.1, -0.05) is 0 Å². The van der Waals surface area contributed by atoms with Crippen LogP contribution in [0.1, 0.15) is 12.8 Å². The van der Waals surface area contributed by atoms with Gasteiger partial charge in [-0.05, 0) is 25.9 Å². The van der Waals surface area contributed by atoms with Gasteiger partial charge in [0.2, 0.25) is 0 Å². The van der Waals surface area contributed by atoms with Crippen LogP contribution in [0.5, 0.6) is 0 Å². The molecule has 0 aromatic carbocycles. The van der Waals surface area contributed by atoms with E-state index in [1.807, 2.05) is 0 Å². The van der Waals surface area contributed by atoms with Crippen LogP contribution in [0.4, 0.5) is 0 Å². The molecule has 0 saturated carbocycles. The molecule has 0 atom stereocenters. The molecule has 1 aliphatic heterocycles. The molecule has 0 spiro atoms. The fraction of sp³-hybridized carbons (Fsp3) is 0.875. The molecule has 0 aromatic heterocycles. The highest BCUT2D eigenvalue weighted by Gasteiger charge is 2.18. The zero-order valence-corrected chi connectivity index (χ0v) is 7.26. The molecule has 0 bridgehead atoms. The van der Waals surface area contributed by atoms with E-state index in [-0.39, 0.29) is 0 Å². The molecule has 0 unspecified atom stereocenters. The second kappa shape index (κ2) is 4.34. The Labute approximate surface area is 67.8 Å². The van der Waals surface area contributed by atoms with Gasteiger partial charge in [0.15, 0.2) is 5.90 Å². The zero-order valence-electron chi connectivity index (χ0n) is 7.26. The molecule has 3 heteroatoms. The van der Waals surface area contributed by atoms with Crippen molar-refractivity contribution in [2.75, 3.05) is 27.2 Å². The van der Waals surface area contributed by atoms with Crippen molar-refractivity contribution in [3.05, 3.63) is 0 Å². The second-order valence-electron chi connectivity index (χ2n) is 2.79. The summed E-state index contributed by atoms with van der Waals surface area (Å²) in [5, 5.41) is 3.31. The summed E-state index contributed by atoms with van der Waals surface area (Å²) in [6.07, 6.45) is 2.31. The van der Waals surface area contributed by atoms with Crippen LogP contribution in [0.15, 0.2) is 4.99 Å². The lowest BCUT2D eigenvalue weighted by Crippen LogP contribution is -2.32. The number of hydrogen-bond donors (Lipinski definition) is 1. The van der Waals surface area contributed by atoms with Gasteiger partial charge < -0.3 is 10.1 Å². The molecule has 11 heavy (non-hydrogen) atoms. The molecule has 0 aliphatic carbocycles. The molecule has 1 rings (SSSR count). The van der Waals surface area contributed by atoms with E-state index in [0.29, 0.717) is 5.92 Å². The van der Waals surface area contributed by atoms with Crippen molar-refractivity contribution in [1.29, 1.82) is 0 Å². The third-order valence-electron chi connectivity index (χ3n) is 2.12. The van der Waals surface area contributed by atoms with Crippen LogP contribution in [0.25, 0.3) is 0 Å². The van der Waals surface area contributed by atoms with Crippen molar-refractivity contribution in [3.8, 4) is 0 Å². The lowest BCUT2D eigenvalue weighted by Gasteiger charge is -2.22. The Morgan fingerprint density at radius 3 is 2.55 bits per heavy atom. The van der Waals surface area contributed by atoms with Gasteiger partial charge in [0.1, 0.15) is 0 Å². The summed E-state index contributed by atoms with van der Waals surface area (Å²) in [6.45, 7) is 2.18. The molecule has 64 valence electrons. The van der Waals surface area contributed by atoms with E-state index in [4.69, 9.17) is 4.74 Å². The van der Waals surface area contributed by atoms with E-state index in [1.165, 1.54) is 0 Å². The van der Waals surface area contributed by atoms with Gasteiger partial charge in [0, 0.05) is 13.0 Å². The van der Waals surface area contributed by atoms with Crippen molar-refractivity contribution in [1.82, 2.24) is 5.32 Å². The first kappa shape index (κ1) is 8.53. The van der Waals surface area contributed by atoms with E-state index in [1.54, 1.807) is 14.2 Å². The van der Waals surface area contributed by atoms with Crippen LogP contribution in [0.3, 0.4) is 0 Å².